The molecule has 0 radical (unpaired) electrons. The Hall–Kier alpha value is -0.0800. The number of ether oxygens (including phenoxy) is 1. The maximum atomic E-state index is 5.46. The fourth-order valence-electron chi connectivity index (χ4n) is 2.95. The molecule has 2 heteroatoms. The Balaban J connectivity index is 1.67. The van der Waals surface area contributed by atoms with Crippen molar-refractivity contribution in [3.05, 3.63) is 0 Å². The Morgan fingerprint density at radius 2 is 2.13 bits per heavy atom. The third kappa shape index (κ3) is 3.18. The van der Waals surface area contributed by atoms with Crippen molar-refractivity contribution in [3.8, 4) is 0 Å². The minimum atomic E-state index is 0.514. The maximum absolute atomic E-state index is 5.46. The molecule has 15 heavy (non-hydrogen) atoms. The van der Waals surface area contributed by atoms with Gasteiger partial charge in [0.05, 0.1) is 6.10 Å². The van der Waals surface area contributed by atoms with Crippen molar-refractivity contribution in [3.63, 3.8) is 0 Å². The van der Waals surface area contributed by atoms with E-state index in [4.69, 9.17) is 4.74 Å². The van der Waals surface area contributed by atoms with Gasteiger partial charge < -0.3 is 10.1 Å². The third-order valence-corrected chi connectivity index (χ3v) is 3.99. The van der Waals surface area contributed by atoms with Crippen molar-refractivity contribution in [1.82, 2.24) is 5.32 Å². The van der Waals surface area contributed by atoms with Crippen LogP contribution in [-0.4, -0.2) is 25.3 Å². The van der Waals surface area contributed by atoms with Gasteiger partial charge in [-0.3, -0.25) is 0 Å². The molecule has 0 aliphatic heterocycles. The number of rotatable bonds is 5. The molecule has 2 rings (SSSR count). The van der Waals surface area contributed by atoms with Crippen molar-refractivity contribution >= 4 is 0 Å². The van der Waals surface area contributed by atoms with Gasteiger partial charge in [-0.1, -0.05) is 13.3 Å². The smallest absolute Gasteiger partial charge is 0.0586 e. The maximum Gasteiger partial charge on any atom is 0.0586 e. The fourth-order valence-corrected chi connectivity index (χ4v) is 2.95. The van der Waals surface area contributed by atoms with E-state index in [2.05, 4.69) is 12.2 Å². The van der Waals surface area contributed by atoms with Crippen LogP contribution in [0.4, 0.5) is 0 Å². The molecule has 1 N–H and O–H groups in total. The zero-order valence-electron chi connectivity index (χ0n) is 10.2. The highest BCUT2D eigenvalue weighted by molar-refractivity contribution is 4.95. The molecule has 0 heterocycles. The highest BCUT2D eigenvalue weighted by Crippen LogP contribution is 2.36. The average Bonchev–Trinajstić information content (AvgIpc) is 2.97. The molecule has 0 spiro atoms. The first-order valence-corrected chi connectivity index (χ1v) is 6.62. The average molecular weight is 211 g/mol. The van der Waals surface area contributed by atoms with Gasteiger partial charge in [0.15, 0.2) is 0 Å². The van der Waals surface area contributed by atoms with Gasteiger partial charge in [0.25, 0.3) is 0 Å². The summed E-state index contributed by atoms with van der Waals surface area (Å²) >= 11 is 0. The predicted octanol–water partition coefficient (Wildman–Crippen LogP) is 2.72. The van der Waals surface area contributed by atoms with Crippen LogP contribution in [0.3, 0.4) is 0 Å². The van der Waals surface area contributed by atoms with Crippen LogP contribution in [0, 0.1) is 5.92 Å². The largest absolute Gasteiger partial charge is 0.381 e. The summed E-state index contributed by atoms with van der Waals surface area (Å²) in [6, 6.07) is 1.57. The Labute approximate surface area is 93.8 Å². The number of hydrogen-bond donors (Lipinski definition) is 1. The Morgan fingerprint density at radius 3 is 2.87 bits per heavy atom. The van der Waals surface area contributed by atoms with Gasteiger partial charge in [0.1, 0.15) is 0 Å². The first kappa shape index (κ1) is 11.4. The molecule has 2 saturated carbocycles. The van der Waals surface area contributed by atoms with E-state index in [0.29, 0.717) is 6.10 Å². The van der Waals surface area contributed by atoms with E-state index in [9.17, 15) is 0 Å². The molecule has 2 aliphatic rings. The van der Waals surface area contributed by atoms with Crippen LogP contribution in [0.15, 0.2) is 0 Å². The first-order chi connectivity index (χ1) is 7.33. The lowest BCUT2D eigenvalue weighted by atomic mass is 9.93. The SMILES string of the molecule is CCCC1CC1NC1CCCC(OC)C1. The zero-order chi connectivity index (χ0) is 10.7. The Kier molecular flexibility index (Phi) is 4.04. The van der Waals surface area contributed by atoms with Gasteiger partial charge in [-0.2, -0.15) is 0 Å². The normalized spacial score (nSPS) is 40.4. The quantitative estimate of drug-likeness (QED) is 0.755. The second-order valence-electron chi connectivity index (χ2n) is 5.28. The summed E-state index contributed by atoms with van der Waals surface area (Å²) in [5, 5.41) is 3.81. The molecule has 0 aromatic rings. The Bertz CT molecular complexity index is 195. The van der Waals surface area contributed by atoms with E-state index in [1.165, 1.54) is 44.9 Å². The lowest BCUT2D eigenvalue weighted by molar-refractivity contribution is 0.0583. The van der Waals surface area contributed by atoms with E-state index in [1.807, 2.05) is 7.11 Å². The summed E-state index contributed by atoms with van der Waals surface area (Å²) < 4.78 is 5.46. The van der Waals surface area contributed by atoms with Crippen LogP contribution in [0.5, 0.6) is 0 Å². The summed E-state index contributed by atoms with van der Waals surface area (Å²) in [6.45, 7) is 2.29. The zero-order valence-corrected chi connectivity index (χ0v) is 10.2. The molecule has 88 valence electrons. The fraction of sp³-hybridized carbons (Fsp3) is 1.00. The van der Waals surface area contributed by atoms with Crippen molar-refractivity contribution in [2.45, 2.75) is 70.1 Å². The highest BCUT2D eigenvalue weighted by atomic mass is 16.5. The number of hydrogen-bond acceptors (Lipinski definition) is 2. The molecule has 4 atom stereocenters. The van der Waals surface area contributed by atoms with Crippen LogP contribution < -0.4 is 5.32 Å². The van der Waals surface area contributed by atoms with Gasteiger partial charge >= 0.3 is 0 Å². The van der Waals surface area contributed by atoms with E-state index >= 15 is 0 Å². The van der Waals surface area contributed by atoms with Crippen LogP contribution >= 0.6 is 0 Å². The lowest BCUT2D eigenvalue weighted by Crippen LogP contribution is -2.38. The van der Waals surface area contributed by atoms with Crippen molar-refractivity contribution in [1.29, 1.82) is 0 Å². The van der Waals surface area contributed by atoms with Crippen LogP contribution in [-0.2, 0) is 4.74 Å². The molecule has 4 unspecified atom stereocenters. The molecule has 0 aromatic carbocycles. The van der Waals surface area contributed by atoms with Gasteiger partial charge in [0.2, 0.25) is 0 Å². The highest BCUT2D eigenvalue weighted by Gasteiger charge is 2.37. The summed E-state index contributed by atoms with van der Waals surface area (Å²) in [4.78, 5) is 0. The third-order valence-electron chi connectivity index (χ3n) is 3.99. The second kappa shape index (κ2) is 5.31. The van der Waals surface area contributed by atoms with Gasteiger partial charge in [0, 0.05) is 19.2 Å². The lowest BCUT2D eigenvalue weighted by Gasteiger charge is -2.29. The standard InChI is InChI=1S/C13H25NO/c1-3-5-10-8-13(10)14-11-6-4-7-12(9-11)15-2/h10-14H,3-9H2,1-2H3. The monoisotopic (exact) mass is 211 g/mol. The summed E-state index contributed by atoms with van der Waals surface area (Å²) in [6.07, 6.45) is 9.87. The van der Waals surface area contributed by atoms with Crippen molar-refractivity contribution in [2.75, 3.05) is 7.11 Å². The van der Waals surface area contributed by atoms with E-state index in [-0.39, 0.29) is 0 Å². The van der Waals surface area contributed by atoms with E-state index < -0.39 is 0 Å². The first-order valence-electron chi connectivity index (χ1n) is 6.62. The molecule has 2 fully saturated rings. The van der Waals surface area contributed by atoms with Crippen molar-refractivity contribution < 1.29 is 4.74 Å². The van der Waals surface area contributed by atoms with Gasteiger partial charge in [-0.15, -0.1) is 0 Å². The molecule has 2 nitrogen and oxygen atoms in total. The Morgan fingerprint density at radius 1 is 1.27 bits per heavy atom. The van der Waals surface area contributed by atoms with Crippen LogP contribution in [0.1, 0.15) is 51.9 Å². The molecular weight excluding hydrogens is 186 g/mol. The predicted molar refractivity (Wildman–Crippen MR) is 63.0 cm³/mol. The van der Waals surface area contributed by atoms with Crippen LogP contribution in [0.2, 0.25) is 0 Å². The molecular formula is C13H25NO. The van der Waals surface area contributed by atoms with E-state index in [1.54, 1.807) is 0 Å². The second-order valence-corrected chi connectivity index (χ2v) is 5.28. The van der Waals surface area contributed by atoms with Crippen molar-refractivity contribution in [2.24, 2.45) is 5.92 Å². The summed E-state index contributed by atoms with van der Waals surface area (Å²) in [5.41, 5.74) is 0. The molecule has 0 bridgehead atoms. The molecule has 0 aromatic heterocycles. The minimum absolute atomic E-state index is 0.514. The van der Waals surface area contributed by atoms with E-state index in [0.717, 1.165) is 18.0 Å². The number of methoxy groups -OCH3 is 1. The van der Waals surface area contributed by atoms with Gasteiger partial charge in [-0.05, 0) is 44.4 Å². The topological polar surface area (TPSA) is 21.3 Å². The molecule has 0 amide bonds. The van der Waals surface area contributed by atoms with Gasteiger partial charge in [-0.25, -0.2) is 0 Å². The number of nitrogens with one attached hydrogen (secondary N) is 1. The molecule has 0 saturated heterocycles. The summed E-state index contributed by atoms with van der Waals surface area (Å²) in [7, 11) is 1.85. The minimum Gasteiger partial charge on any atom is -0.381 e. The molecule has 2 aliphatic carbocycles. The summed E-state index contributed by atoms with van der Waals surface area (Å²) in [5.74, 6) is 0.984. The van der Waals surface area contributed by atoms with Crippen LogP contribution in [0.25, 0.3) is 0 Å².